The van der Waals surface area contributed by atoms with Gasteiger partial charge in [0.1, 0.15) is 0 Å². The van der Waals surface area contributed by atoms with Gasteiger partial charge in [-0.15, -0.1) is 0 Å². The fraction of sp³-hybridized carbons (Fsp3) is 0.417. The van der Waals surface area contributed by atoms with Crippen molar-refractivity contribution in [1.29, 1.82) is 0 Å². The van der Waals surface area contributed by atoms with E-state index >= 15 is 0 Å². The van der Waals surface area contributed by atoms with Crippen LogP contribution >= 0.6 is 15.9 Å². The number of nitrogens with one attached hydrogen (secondary N) is 1. The molecule has 4 heteroatoms. The zero-order valence-corrected chi connectivity index (χ0v) is 11.1. The van der Waals surface area contributed by atoms with E-state index in [-0.39, 0.29) is 17.9 Å². The molecule has 2 unspecified atom stereocenters. The quantitative estimate of drug-likeness (QED) is 0.871. The van der Waals surface area contributed by atoms with Crippen LogP contribution in [-0.4, -0.2) is 12.5 Å². The Morgan fingerprint density at radius 3 is 2.75 bits per heavy atom. The Labute approximate surface area is 105 Å². The first kappa shape index (κ1) is 13.2. The van der Waals surface area contributed by atoms with Crippen LogP contribution in [0.4, 0.5) is 0 Å². The van der Waals surface area contributed by atoms with Gasteiger partial charge in [-0.25, -0.2) is 0 Å². The maximum absolute atomic E-state index is 10.9. The molecule has 2 atom stereocenters. The normalized spacial score (nSPS) is 14.4. The standard InChI is InChI=1S/C12H17BrN2O/c1-8(12(14)16)7-15-9(2)10-4-3-5-11(13)6-10/h3-6,8-9,15H,7H2,1-2H3,(H2,14,16). The zero-order valence-electron chi connectivity index (χ0n) is 9.53. The van der Waals surface area contributed by atoms with Gasteiger partial charge in [0.15, 0.2) is 0 Å². The predicted octanol–water partition coefficient (Wildman–Crippen LogP) is 2.22. The Morgan fingerprint density at radius 1 is 1.50 bits per heavy atom. The second-order valence-corrected chi connectivity index (χ2v) is 4.90. The van der Waals surface area contributed by atoms with E-state index in [4.69, 9.17) is 5.73 Å². The summed E-state index contributed by atoms with van der Waals surface area (Å²) < 4.78 is 1.06. The van der Waals surface area contributed by atoms with Crippen LogP contribution in [0.5, 0.6) is 0 Å². The molecular weight excluding hydrogens is 268 g/mol. The van der Waals surface area contributed by atoms with E-state index in [0.717, 1.165) is 4.47 Å². The molecule has 1 aromatic rings. The van der Waals surface area contributed by atoms with Gasteiger partial charge < -0.3 is 11.1 Å². The number of carbonyl (C=O) groups excluding carboxylic acids is 1. The minimum absolute atomic E-state index is 0.144. The summed E-state index contributed by atoms with van der Waals surface area (Å²) in [4.78, 5) is 10.9. The van der Waals surface area contributed by atoms with Gasteiger partial charge in [0.25, 0.3) is 0 Å². The highest BCUT2D eigenvalue weighted by Crippen LogP contribution is 2.17. The molecule has 1 rings (SSSR count). The number of hydrogen-bond acceptors (Lipinski definition) is 2. The van der Waals surface area contributed by atoms with E-state index < -0.39 is 0 Å². The number of rotatable bonds is 5. The van der Waals surface area contributed by atoms with Gasteiger partial charge in [-0.1, -0.05) is 35.0 Å². The lowest BCUT2D eigenvalue weighted by Crippen LogP contribution is -2.32. The zero-order chi connectivity index (χ0) is 12.1. The van der Waals surface area contributed by atoms with Crippen LogP contribution in [0.3, 0.4) is 0 Å². The Bertz CT molecular complexity index is 368. The SMILES string of the molecule is CC(CNC(C)c1cccc(Br)c1)C(N)=O. The summed E-state index contributed by atoms with van der Waals surface area (Å²) in [6, 6.07) is 8.31. The molecule has 0 bridgehead atoms. The van der Waals surface area contributed by atoms with Crippen molar-refractivity contribution in [3.63, 3.8) is 0 Å². The van der Waals surface area contributed by atoms with Crippen LogP contribution < -0.4 is 11.1 Å². The van der Waals surface area contributed by atoms with E-state index in [2.05, 4.69) is 40.3 Å². The molecule has 0 radical (unpaired) electrons. The molecule has 3 N–H and O–H groups in total. The minimum Gasteiger partial charge on any atom is -0.369 e. The van der Waals surface area contributed by atoms with Gasteiger partial charge in [-0.05, 0) is 24.6 Å². The van der Waals surface area contributed by atoms with Crippen molar-refractivity contribution < 1.29 is 4.79 Å². The Morgan fingerprint density at radius 2 is 2.19 bits per heavy atom. The number of amides is 1. The highest BCUT2D eigenvalue weighted by molar-refractivity contribution is 9.10. The fourth-order valence-electron chi connectivity index (χ4n) is 1.35. The third kappa shape index (κ3) is 3.94. The van der Waals surface area contributed by atoms with E-state index in [1.807, 2.05) is 19.1 Å². The molecule has 0 fully saturated rings. The van der Waals surface area contributed by atoms with Gasteiger partial charge in [-0.3, -0.25) is 4.79 Å². The average Bonchev–Trinajstić information content (AvgIpc) is 2.25. The molecule has 0 aliphatic rings. The van der Waals surface area contributed by atoms with Crippen LogP contribution in [0, 0.1) is 5.92 Å². The molecule has 0 saturated carbocycles. The summed E-state index contributed by atoms with van der Waals surface area (Å²) in [6.45, 7) is 4.49. The third-order valence-electron chi connectivity index (χ3n) is 2.56. The molecule has 0 aliphatic heterocycles. The van der Waals surface area contributed by atoms with E-state index in [1.165, 1.54) is 5.56 Å². The second-order valence-electron chi connectivity index (χ2n) is 3.99. The number of nitrogens with two attached hydrogens (primary N) is 1. The topological polar surface area (TPSA) is 55.1 Å². The van der Waals surface area contributed by atoms with Gasteiger partial charge >= 0.3 is 0 Å². The molecule has 0 saturated heterocycles. The van der Waals surface area contributed by atoms with Gasteiger partial charge in [0.05, 0.1) is 0 Å². The molecule has 1 aromatic carbocycles. The molecule has 3 nitrogen and oxygen atoms in total. The summed E-state index contributed by atoms with van der Waals surface area (Å²) in [5, 5.41) is 3.29. The molecule has 88 valence electrons. The van der Waals surface area contributed by atoms with Crippen molar-refractivity contribution in [2.24, 2.45) is 11.7 Å². The lowest BCUT2D eigenvalue weighted by Gasteiger charge is -2.16. The molecule has 1 amide bonds. The van der Waals surface area contributed by atoms with Crippen molar-refractivity contribution in [1.82, 2.24) is 5.32 Å². The number of carbonyl (C=O) groups is 1. The highest BCUT2D eigenvalue weighted by atomic mass is 79.9. The number of halogens is 1. The molecule has 0 heterocycles. The van der Waals surface area contributed by atoms with Crippen LogP contribution in [0.1, 0.15) is 25.5 Å². The van der Waals surface area contributed by atoms with Crippen molar-refractivity contribution in [2.75, 3.05) is 6.54 Å². The lowest BCUT2D eigenvalue weighted by molar-refractivity contribution is -0.121. The van der Waals surface area contributed by atoms with Crippen molar-refractivity contribution in [3.8, 4) is 0 Å². The largest absolute Gasteiger partial charge is 0.369 e. The van der Waals surface area contributed by atoms with E-state index in [0.29, 0.717) is 6.54 Å². The molecular formula is C12H17BrN2O. The van der Waals surface area contributed by atoms with Crippen molar-refractivity contribution >= 4 is 21.8 Å². The first-order valence-corrected chi connectivity index (χ1v) is 6.08. The van der Waals surface area contributed by atoms with Gasteiger partial charge in [-0.2, -0.15) is 0 Å². The first-order valence-electron chi connectivity index (χ1n) is 5.29. The van der Waals surface area contributed by atoms with Gasteiger partial charge in [0.2, 0.25) is 5.91 Å². The smallest absolute Gasteiger partial charge is 0.221 e. The summed E-state index contributed by atoms with van der Waals surface area (Å²) >= 11 is 3.43. The second kappa shape index (κ2) is 6.01. The summed E-state index contributed by atoms with van der Waals surface area (Å²) in [5.41, 5.74) is 6.38. The monoisotopic (exact) mass is 284 g/mol. The van der Waals surface area contributed by atoms with E-state index in [9.17, 15) is 4.79 Å². The summed E-state index contributed by atoms with van der Waals surface area (Å²) in [7, 11) is 0. The van der Waals surface area contributed by atoms with Crippen molar-refractivity contribution in [3.05, 3.63) is 34.3 Å². The van der Waals surface area contributed by atoms with Crippen molar-refractivity contribution in [2.45, 2.75) is 19.9 Å². The Balaban J connectivity index is 2.52. The van der Waals surface area contributed by atoms with Gasteiger partial charge in [0, 0.05) is 23.0 Å². The molecule has 0 aliphatic carbocycles. The highest BCUT2D eigenvalue weighted by Gasteiger charge is 2.11. The molecule has 0 aromatic heterocycles. The number of hydrogen-bond donors (Lipinski definition) is 2. The molecule has 0 spiro atoms. The van der Waals surface area contributed by atoms with Crippen LogP contribution in [0.25, 0.3) is 0 Å². The van der Waals surface area contributed by atoms with Crippen LogP contribution in [0.15, 0.2) is 28.7 Å². The maximum atomic E-state index is 10.9. The first-order chi connectivity index (χ1) is 7.50. The summed E-state index contributed by atoms with van der Waals surface area (Å²) in [6.07, 6.45) is 0. The Kier molecular flexibility index (Phi) is 4.96. The average molecular weight is 285 g/mol. The number of benzene rings is 1. The third-order valence-corrected chi connectivity index (χ3v) is 3.06. The van der Waals surface area contributed by atoms with Crippen LogP contribution in [-0.2, 0) is 4.79 Å². The molecule has 16 heavy (non-hydrogen) atoms. The summed E-state index contributed by atoms with van der Waals surface area (Å²) in [5.74, 6) is -0.413. The lowest BCUT2D eigenvalue weighted by atomic mass is 10.1. The number of primary amides is 1. The Hall–Kier alpha value is -0.870. The van der Waals surface area contributed by atoms with E-state index in [1.54, 1.807) is 0 Å². The predicted molar refractivity (Wildman–Crippen MR) is 68.9 cm³/mol. The minimum atomic E-state index is -0.269. The maximum Gasteiger partial charge on any atom is 0.221 e. The fourth-order valence-corrected chi connectivity index (χ4v) is 1.76. The van der Waals surface area contributed by atoms with Crippen LogP contribution in [0.2, 0.25) is 0 Å².